The maximum atomic E-state index is 13.1. The number of amides is 1. The van der Waals surface area contributed by atoms with Crippen molar-refractivity contribution in [3.05, 3.63) is 90.8 Å². The van der Waals surface area contributed by atoms with Crippen LogP contribution in [0.3, 0.4) is 0 Å². The molecule has 1 aromatic heterocycles. The van der Waals surface area contributed by atoms with Crippen molar-refractivity contribution in [2.75, 3.05) is 49.8 Å². The summed E-state index contributed by atoms with van der Waals surface area (Å²) in [6.07, 6.45) is 2.86. The molecule has 9 heteroatoms. The molecule has 0 bridgehead atoms. The number of hydrogen-bond donors (Lipinski definition) is 2. The molecule has 1 unspecified atom stereocenters. The first-order valence-corrected chi connectivity index (χ1v) is 15.5. The Balaban J connectivity index is 0.00000205. The normalized spacial score (nSPS) is 15.5. The van der Waals surface area contributed by atoms with Gasteiger partial charge in [0.15, 0.2) is 5.84 Å². The summed E-state index contributed by atoms with van der Waals surface area (Å²) in [6, 6.07) is 17.4. The van der Waals surface area contributed by atoms with Crippen LogP contribution in [0.2, 0.25) is 0 Å². The minimum Gasteiger partial charge on any atom is -0.495 e. The van der Waals surface area contributed by atoms with E-state index in [1.807, 2.05) is 92.9 Å². The molecular formula is C30H40N5O3P. The number of nitrogens with zero attached hydrogens (tertiary/aromatic N) is 3. The van der Waals surface area contributed by atoms with Gasteiger partial charge in [0.05, 0.1) is 25.6 Å². The zero-order valence-electron chi connectivity index (χ0n) is 23.6. The SMILES string of the molecule is C=C.COc1cc(C)ccc1NC(C)/N=C(/Nc1cccc(C(=O)N2CCP(C)(=O)CC2)c1)c1cccn1C. The standard InChI is InChI=1S/C28H36N5O3P.C2H4/c1-20-11-12-24(26(18-20)36-4)29-21(2)30-27(25-10-7-13-32(25)3)31-23-9-6-8-22(19-23)28(34)33-14-16-37(5,35)17-15-33;1-2/h6-13,18-19,21,29H,14-17H2,1-5H3,(H,30,31);1-2H2. The predicted octanol–water partition coefficient (Wildman–Crippen LogP) is 5.91. The lowest BCUT2D eigenvalue weighted by Gasteiger charge is -2.30. The van der Waals surface area contributed by atoms with Crippen molar-refractivity contribution in [1.82, 2.24) is 9.47 Å². The quantitative estimate of drug-likeness (QED) is 0.166. The van der Waals surface area contributed by atoms with Gasteiger partial charge in [0.1, 0.15) is 11.9 Å². The molecule has 3 aromatic rings. The van der Waals surface area contributed by atoms with Crippen LogP contribution in [0.15, 0.2) is 78.9 Å². The van der Waals surface area contributed by atoms with Crippen LogP contribution in [0.25, 0.3) is 0 Å². The van der Waals surface area contributed by atoms with Crippen LogP contribution in [0.4, 0.5) is 11.4 Å². The monoisotopic (exact) mass is 549 g/mol. The van der Waals surface area contributed by atoms with E-state index < -0.39 is 7.14 Å². The molecule has 1 aliphatic rings. The fourth-order valence-corrected chi connectivity index (χ4v) is 5.93. The summed E-state index contributed by atoms with van der Waals surface area (Å²) in [5.41, 5.74) is 4.26. The van der Waals surface area contributed by atoms with Crippen LogP contribution in [0.1, 0.15) is 28.5 Å². The van der Waals surface area contributed by atoms with E-state index in [9.17, 15) is 9.36 Å². The van der Waals surface area contributed by atoms with Gasteiger partial charge >= 0.3 is 0 Å². The number of rotatable bonds is 7. The molecule has 1 amide bonds. The number of aliphatic imine (C=N–C) groups is 1. The maximum Gasteiger partial charge on any atom is 0.253 e. The fraction of sp³-hybridized carbons (Fsp3) is 0.333. The molecule has 208 valence electrons. The molecule has 8 nitrogen and oxygen atoms in total. The number of aromatic nitrogens is 1. The van der Waals surface area contributed by atoms with Gasteiger partial charge in [0.2, 0.25) is 0 Å². The largest absolute Gasteiger partial charge is 0.495 e. The second kappa shape index (κ2) is 13.3. The van der Waals surface area contributed by atoms with Gasteiger partial charge in [0, 0.05) is 49.9 Å². The van der Waals surface area contributed by atoms with Crippen molar-refractivity contribution in [2.24, 2.45) is 12.0 Å². The minimum atomic E-state index is -2.10. The minimum absolute atomic E-state index is 0.0396. The number of hydrogen-bond acceptors (Lipinski definition) is 5. The number of nitrogens with one attached hydrogen (secondary N) is 2. The van der Waals surface area contributed by atoms with Crippen molar-refractivity contribution in [2.45, 2.75) is 20.0 Å². The van der Waals surface area contributed by atoms with Gasteiger partial charge in [-0.2, -0.15) is 0 Å². The Bertz CT molecular complexity index is 1350. The van der Waals surface area contributed by atoms with E-state index in [0.717, 1.165) is 28.4 Å². The molecule has 0 spiro atoms. The first-order valence-electron chi connectivity index (χ1n) is 13.0. The Kier molecular flexibility index (Phi) is 10.2. The number of aryl methyl sites for hydroxylation is 2. The Morgan fingerprint density at radius 1 is 1.10 bits per heavy atom. The Morgan fingerprint density at radius 2 is 1.82 bits per heavy atom. The van der Waals surface area contributed by atoms with E-state index in [1.54, 1.807) is 12.0 Å². The number of ether oxygens (including phenoxy) is 1. The Hall–Kier alpha value is -3.77. The molecule has 2 N–H and O–H groups in total. The van der Waals surface area contributed by atoms with Gasteiger partial charge in [-0.05, 0) is 68.5 Å². The van der Waals surface area contributed by atoms with Crippen molar-refractivity contribution in [3.63, 3.8) is 0 Å². The van der Waals surface area contributed by atoms with Gasteiger partial charge in [-0.15, -0.1) is 13.2 Å². The number of carbonyl (C=O) groups is 1. The Labute approximate surface area is 232 Å². The van der Waals surface area contributed by atoms with Crippen LogP contribution in [0, 0.1) is 6.92 Å². The highest BCUT2D eigenvalue weighted by atomic mass is 31.2. The van der Waals surface area contributed by atoms with E-state index in [1.165, 1.54) is 0 Å². The molecule has 39 heavy (non-hydrogen) atoms. The second-order valence-electron chi connectivity index (χ2n) is 9.75. The summed E-state index contributed by atoms with van der Waals surface area (Å²) in [4.78, 5) is 19.9. The zero-order chi connectivity index (χ0) is 28.6. The highest BCUT2D eigenvalue weighted by molar-refractivity contribution is 7.63. The van der Waals surface area contributed by atoms with Crippen LogP contribution in [-0.4, -0.2) is 66.6 Å². The van der Waals surface area contributed by atoms with E-state index in [4.69, 9.17) is 9.73 Å². The van der Waals surface area contributed by atoms with Gasteiger partial charge in [0.25, 0.3) is 5.91 Å². The van der Waals surface area contributed by atoms with Gasteiger partial charge in [-0.1, -0.05) is 12.1 Å². The topological polar surface area (TPSA) is 88.0 Å². The summed E-state index contributed by atoms with van der Waals surface area (Å²) in [6.45, 7) is 12.9. The number of benzene rings is 2. The summed E-state index contributed by atoms with van der Waals surface area (Å²) in [5, 5.41) is 6.85. The summed E-state index contributed by atoms with van der Waals surface area (Å²) >= 11 is 0. The van der Waals surface area contributed by atoms with E-state index in [0.29, 0.717) is 36.8 Å². The zero-order valence-corrected chi connectivity index (χ0v) is 24.5. The third-order valence-corrected chi connectivity index (χ3v) is 8.87. The molecule has 1 fully saturated rings. The third-order valence-electron chi connectivity index (χ3n) is 6.58. The third kappa shape index (κ3) is 7.87. The molecule has 1 aliphatic heterocycles. The molecular weight excluding hydrogens is 509 g/mol. The summed E-state index contributed by atoms with van der Waals surface area (Å²) < 4.78 is 19.9. The van der Waals surface area contributed by atoms with E-state index >= 15 is 0 Å². The van der Waals surface area contributed by atoms with E-state index in [2.05, 4.69) is 23.8 Å². The number of methoxy groups -OCH3 is 1. The molecule has 0 saturated carbocycles. The average molecular weight is 550 g/mol. The number of anilines is 2. The lowest BCUT2D eigenvalue weighted by atomic mass is 10.1. The van der Waals surface area contributed by atoms with Crippen LogP contribution < -0.4 is 15.4 Å². The summed E-state index contributed by atoms with van der Waals surface area (Å²) in [5.74, 6) is 1.40. The van der Waals surface area contributed by atoms with E-state index in [-0.39, 0.29) is 12.1 Å². The lowest BCUT2D eigenvalue weighted by Crippen LogP contribution is -2.39. The molecule has 1 saturated heterocycles. The van der Waals surface area contributed by atoms with Gasteiger partial charge in [-0.3, -0.25) is 4.79 Å². The highest BCUT2D eigenvalue weighted by Crippen LogP contribution is 2.43. The molecule has 2 aromatic carbocycles. The molecule has 0 aliphatic carbocycles. The molecule has 0 radical (unpaired) electrons. The van der Waals surface area contributed by atoms with Gasteiger partial charge in [-0.25, -0.2) is 4.99 Å². The summed E-state index contributed by atoms with van der Waals surface area (Å²) in [7, 11) is 1.52. The number of carbonyl (C=O) groups excluding carboxylic acids is 1. The molecule has 4 rings (SSSR count). The smallest absolute Gasteiger partial charge is 0.253 e. The fourth-order valence-electron chi connectivity index (χ4n) is 4.38. The molecule has 2 heterocycles. The average Bonchev–Trinajstić information content (AvgIpc) is 3.36. The Morgan fingerprint density at radius 3 is 2.46 bits per heavy atom. The predicted molar refractivity (Wildman–Crippen MR) is 163 cm³/mol. The van der Waals surface area contributed by atoms with Crippen molar-refractivity contribution in [3.8, 4) is 5.75 Å². The lowest BCUT2D eigenvalue weighted by molar-refractivity contribution is 0.0769. The highest BCUT2D eigenvalue weighted by Gasteiger charge is 2.27. The van der Waals surface area contributed by atoms with Crippen molar-refractivity contribution < 1.29 is 14.1 Å². The number of amidine groups is 1. The van der Waals surface area contributed by atoms with Crippen molar-refractivity contribution in [1.29, 1.82) is 0 Å². The van der Waals surface area contributed by atoms with Crippen LogP contribution >= 0.6 is 7.14 Å². The molecule has 1 atom stereocenters. The first-order chi connectivity index (χ1) is 18.6. The van der Waals surface area contributed by atoms with Gasteiger partial charge < -0.3 is 29.4 Å². The second-order valence-corrected chi connectivity index (χ2v) is 13.2. The van der Waals surface area contributed by atoms with Crippen LogP contribution in [-0.2, 0) is 11.6 Å². The maximum absolute atomic E-state index is 13.1. The van der Waals surface area contributed by atoms with Crippen molar-refractivity contribution >= 4 is 30.3 Å². The first kappa shape index (κ1) is 29.8. The van der Waals surface area contributed by atoms with Crippen LogP contribution in [0.5, 0.6) is 5.75 Å².